The molecule has 2 aliphatic heterocycles. The van der Waals surface area contributed by atoms with Gasteiger partial charge in [-0.3, -0.25) is 0 Å². The molecule has 19 heavy (non-hydrogen) atoms. The summed E-state index contributed by atoms with van der Waals surface area (Å²) in [5.41, 5.74) is 2.40. The van der Waals surface area contributed by atoms with E-state index in [2.05, 4.69) is 45.3 Å². The molecule has 2 fully saturated rings. The van der Waals surface area contributed by atoms with Crippen LogP contribution in [-0.4, -0.2) is 14.8 Å². The summed E-state index contributed by atoms with van der Waals surface area (Å²) in [6, 6.07) is 0. The van der Waals surface area contributed by atoms with Crippen molar-refractivity contribution >= 4 is 14.8 Å². The highest BCUT2D eigenvalue weighted by Gasteiger charge is 2.47. The van der Waals surface area contributed by atoms with E-state index in [-0.39, 0.29) is 0 Å². The maximum absolute atomic E-state index is 4.47. The first kappa shape index (κ1) is 15.2. The third-order valence-electron chi connectivity index (χ3n) is 5.51. The average molecular weight is 274 g/mol. The molecule has 0 radical (unpaired) electrons. The standard InChI is InChI=1S/C17H31BSi/c1-6-9-14(2)18-16-12-7-10-15(11-8-13-16)17(18)19(3,4)5/h6,9,15-17H,2,7-8,10-13H2,1,3-5H3/b9-6-. The molecule has 0 saturated carbocycles. The van der Waals surface area contributed by atoms with Crippen LogP contribution in [0.1, 0.15) is 45.4 Å². The van der Waals surface area contributed by atoms with Gasteiger partial charge < -0.3 is 0 Å². The van der Waals surface area contributed by atoms with Crippen LogP contribution in [0.25, 0.3) is 0 Å². The minimum Gasteiger partial charge on any atom is -0.105 e. The number of hydrogen-bond acceptors (Lipinski definition) is 0. The van der Waals surface area contributed by atoms with Crippen molar-refractivity contribution in [1.82, 2.24) is 0 Å². The Labute approximate surface area is 121 Å². The summed E-state index contributed by atoms with van der Waals surface area (Å²) in [7, 11) is -1.12. The van der Waals surface area contributed by atoms with E-state index >= 15 is 0 Å². The summed E-state index contributed by atoms with van der Waals surface area (Å²) in [6.45, 7) is 15.2. The first-order valence-corrected chi connectivity index (χ1v) is 11.8. The van der Waals surface area contributed by atoms with Crippen molar-refractivity contribution in [3.05, 3.63) is 24.2 Å². The number of allylic oxidation sites excluding steroid dienone is 3. The fourth-order valence-electron chi connectivity index (χ4n) is 4.98. The number of hydrogen-bond donors (Lipinski definition) is 0. The van der Waals surface area contributed by atoms with Crippen molar-refractivity contribution in [3.63, 3.8) is 0 Å². The molecule has 0 aromatic carbocycles. The van der Waals surface area contributed by atoms with Crippen molar-refractivity contribution in [1.29, 1.82) is 0 Å². The van der Waals surface area contributed by atoms with Crippen LogP contribution in [0.4, 0.5) is 0 Å². The summed E-state index contributed by atoms with van der Waals surface area (Å²) in [4.78, 5) is 0. The van der Waals surface area contributed by atoms with Crippen LogP contribution in [0, 0.1) is 5.92 Å². The zero-order valence-corrected chi connectivity index (χ0v) is 14.4. The second-order valence-corrected chi connectivity index (χ2v) is 13.3. The van der Waals surface area contributed by atoms with Crippen molar-refractivity contribution < 1.29 is 0 Å². The van der Waals surface area contributed by atoms with Crippen LogP contribution in [0.2, 0.25) is 30.9 Å². The summed E-state index contributed by atoms with van der Waals surface area (Å²) in [6.07, 6.45) is 13.3. The van der Waals surface area contributed by atoms with Gasteiger partial charge in [-0.05, 0) is 12.8 Å². The van der Waals surface area contributed by atoms with Crippen molar-refractivity contribution in [2.24, 2.45) is 5.92 Å². The molecule has 1 unspecified atom stereocenters. The lowest BCUT2D eigenvalue weighted by Gasteiger charge is -2.39. The second kappa shape index (κ2) is 6.03. The maximum atomic E-state index is 4.47. The second-order valence-electron chi connectivity index (χ2n) is 7.87. The smallest absolute Gasteiger partial charge is 0.105 e. The Kier molecular flexibility index (Phi) is 4.81. The molecule has 106 valence electrons. The predicted molar refractivity (Wildman–Crippen MR) is 91.7 cm³/mol. The highest BCUT2D eigenvalue weighted by Crippen LogP contribution is 2.51. The van der Waals surface area contributed by atoms with Crippen LogP contribution in [-0.2, 0) is 0 Å². The third kappa shape index (κ3) is 3.27. The van der Waals surface area contributed by atoms with Crippen LogP contribution >= 0.6 is 0 Å². The molecule has 2 heterocycles. The predicted octanol–water partition coefficient (Wildman–Crippen LogP) is 5.75. The van der Waals surface area contributed by atoms with E-state index in [4.69, 9.17) is 0 Å². The minimum absolute atomic E-state index is 0.790. The van der Waals surface area contributed by atoms with Gasteiger partial charge in [0.05, 0.1) is 0 Å². The molecular formula is C17H31BSi. The van der Waals surface area contributed by atoms with Crippen LogP contribution in [0.3, 0.4) is 0 Å². The Hall–Kier alpha value is -0.238. The quantitative estimate of drug-likeness (QED) is 0.453. The zero-order chi connectivity index (χ0) is 14.0. The van der Waals surface area contributed by atoms with E-state index in [1.165, 1.54) is 44.0 Å². The Morgan fingerprint density at radius 3 is 2.16 bits per heavy atom. The Morgan fingerprint density at radius 1 is 1.11 bits per heavy atom. The van der Waals surface area contributed by atoms with Gasteiger partial charge in [0.2, 0.25) is 0 Å². The van der Waals surface area contributed by atoms with E-state index in [1.54, 1.807) is 0 Å². The lowest BCUT2D eigenvalue weighted by molar-refractivity contribution is 0.411. The molecular weight excluding hydrogens is 243 g/mol. The fourth-order valence-corrected chi connectivity index (χ4v) is 8.29. The van der Waals surface area contributed by atoms with Gasteiger partial charge in [0.25, 0.3) is 0 Å². The molecule has 0 amide bonds. The first-order chi connectivity index (χ1) is 8.95. The molecule has 2 saturated heterocycles. The van der Waals surface area contributed by atoms with Crippen LogP contribution in [0.15, 0.2) is 24.2 Å². The van der Waals surface area contributed by atoms with Crippen molar-refractivity contribution in [2.75, 3.05) is 0 Å². The van der Waals surface area contributed by atoms with Gasteiger partial charge in [-0.15, -0.1) is 6.58 Å². The largest absolute Gasteiger partial charge is 0.178 e. The van der Waals surface area contributed by atoms with Gasteiger partial charge in [0.15, 0.2) is 6.71 Å². The number of rotatable bonds is 3. The summed E-state index contributed by atoms with van der Waals surface area (Å²) >= 11 is 0. The molecule has 2 rings (SSSR count). The first-order valence-electron chi connectivity index (χ1n) is 8.26. The highest BCUT2D eigenvalue weighted by molar-refractivity contribution is 6.92. The van der Waals surface area contributed by atoms with Gasteiger partial charge in [-0.1, -0.05) is 87.0 Å². The topological polar surface area (TPSA) is 0 Å². The Bertz CT molecular complexity index is 343. The summed E-state index contributed by atoms with van der Waals surface area (Å²) in [5.74, 6) is 1.92. The van der Waals surface area contributed by atoms with E-state index < -0.39 is 8.07 Å². The molecule has 0 aromatic rings. The Balaban J connectivity index is 2.39. The lowest BCUT2D eigenvalue weighted by Crippen LogP contribution is -2.44. The van der Waals surface area contributed by atoms with E-state index in [1.807, 2.05) is 0 Å². The fraction of sp³-hybridized carbons (Fsp3) is 0.765. The summed E-state index contributed by atoms with van der Waals surface area (Å²) < 4.78 is 0. The zero-order valence-electron chi connectivity index (χ0n) is 13.4. The van der Waals surface area contributed by atoms with Gasteiger partial charge >= 0.3 is 0 Å². The normalized spacial score (nSPS) is 32.4. The SMILES string of the molecule is C=C(/C=C\C)B1C2CCCC(CCC2)C1[Si](C)(C)C. The van der Waals surface area contributed by atoms with Gasteiger partial charge in [0.1, 0.15) is 0 Å². The van der Waals surface area contributed by atoms with Gasteiger partial charge in [-0.2, -0.15) is 0 Å². The van der Waals surface area contributed by atoms with Crippen molar-refractivity contribution in [3.8, 4) is 0 Å². The van der Waals surface area contributed by atoms with Gasteiger partial charge in [-0.25, -0.2) is 0 Å². The lowest BCUT2D eigenvalue weighted by atomic mass is 9.33. The maximum Gasteiger partial charge on any atom is 0.178 e. The molecule has 2 heteroatoms. The third-order valence-corrected chi connectivity index (χ3v) is 8.34. The number of fused-ring (bicyclic) bond motifs is 3. The van der Waals surface area contributed by atoms with E-state index in [0.717, 1.165) is 23.9 Å². The molecule has 0 aromatic heterocycles. The Morgan fingerprint density at radius 2 is 1.68 bits per heavy atom. The molecule has 2 bridgehead atoms. The summed E-state index contributed by atoms with van der Waals surface area (Å²) in [5, 5.41) is 0. The molecule has 1 atom stereocenters. The molecule has 0 aliphatic carbocycles. The molecule has 0 spiro atoms. The molecule has 2 aliphatic rings. The van der Waals surface area contributed by atoms with E-state index in [0.29, 0.717) is 0 Å². The van der Waals surface area contributed by atoms with Crippen LogP contribution < -0.4 is 0 Å². The van der Waals surface area contributed by atoms with Crippen molar-refractivity contribution in [2.45, 2.75) is 76.3 Å². The van der Waals surface area contributed by atoms with Gasteiger partial charge in [0, 0.05) is 8.07 Å². The highest BCUT2D eigenvalue weighted by atomic mass is 28.3. The minimum atomic E-state index is -1.12. The van der Waals surface area contributed by atoms with Crippen LogP contribution in [0.5, 0.6) is 0 Å². The average Bonchev–Trinajstić information content (AvgIpc) is 2.55. The van der Waals surface area contributed by atoms with E-state index in [9.17, 15) is 0 Å². The monoisotopic (exact) mass is 274 g/mol. The molecule has 0 N–H and O–H groups in total. The molecule has 0 nitrogen and oxygen atoms in total.